The third-order valence-electron chi connectivity index (χ3n) is 3.61. The zero-order valence-corrected chi connectivity index (χ0v) is 9.56. The Hall–Kier alpha value is -0.763. The lowest BCUT2D eigenvalue weighted by molar-refractivity contribution is 0.487. The molecule has 2 aliphatic heterocycles. The molecular formula is C11H14OSi. The summed E-state index contributed by atoms with van der Waals surface area (Å²) in [6.45, 7) is 9.21. The molecule has 3 aliphatic rings. The van der Waals surface area contributed by atoms with Crippen molar-refractivity contribution in [2.75, 3.05) is 0 Å². The van der Waals surface area contributed by atoms with Crippen LogP contribution in [0.1, 0.15) is 29.5 Å². The van der Waals surface area contributed by atoms with Crippen LogP contribution in [0.15, 0.2) is 16.1 Å². The normalized spacial score (nSPS) is 27.5. The fraction of sp³-hybridized carbons (Fsp3) is 0.455. The van der Waals surface area contributed by atoms with Crippen LogP contribution in [0, 0.1) is 6.92 Å². The molecule has 2 heteroatoms. The zero-order valence-electron chi connectivity index (χ0n) is 8.56. The van der Waals surface area contributed by atoms with Gasteiger partial charge in [0.05, 0.1) is 8.07 Å². The molecule has 3 heterocycles. The third kappa shape index (κ3) is 0.623. The van der Waals surface area contributed by atoms with Crippen LogP contribution >= 0.6 is 0 Å². The van der Waals surface area contributed by atoms with Crippen LogP contribution in [0.2, 0.25) is 13.1 Å². The lowest BCUT2D eigenvalue weighted by Crippen LogP contribution is -2.41. The van der Waals surface area contributed by atoms with E-state index in [-0.39, 0.29) is 0 Å². The minimum Gasteiger partial charge on any atom is -0.465 e. The van der Waals surface area contributed by atoms with Crippen LogP contribution in [0.4, 0.5) is 0 Å². The van der Waals surface area contributed by atoms with E-state index < -0.39 is 8.07 Å². The summed E-state index contributed by atoms with van der Waals surface area (Å²) in [4.78, 5) is 0. The second kappa shape index (κ2) is 1.85. The van der Waals surface area contributed by atoms with Gasteiger partial charge in [-0.25, -0.2) is 0 Å². The molecule has 0 N–H and O–H groups in total. The molecule has 4 rings (SSSR count). The molecule has 0 saturated heterocycles. The Morgan fingerprint density at radius 2 is 2.00 bits per heavy atom. The predicted octanol–water partition coefficient (Wildman–Crippen LogP) is 3.26. The van der Waals surface area contributed by atoms with Crippen molar-refractivity contribution in [3.05, 3.63) is 28.7 Å². The van der Waals surface area contributed by atoms with Crippen LogP contribution in [0.3, 0.4) is 0 Å². The molecule has 1 atom stereocenters. The largest absolute Gasteiger partial charge is 0.465 e. The highest BCUT2D eigenvalue weighted by Crippen LogP contribution is 2.62. The van der Waals surface area contributed by atoms with Crippen molar-refractivity contribution in [2.45, 2.75) is 32.5 Å². The van der Waals surface area contributed by atoms with Gasteiger partial charge in [0.1, 0.15) is 11.5 Å². The topological polar surface area (TPSA) is 13.1 Å². The van der Waals surface area contributed by atoms with E-state index in [2.05, 4.69) is 26.1 Å². The molecule has 0 radical (unpaired) electrons. The fourth-order valence-electron chi connectivity index (χ4n) is 3.29. The standard InChI is InChI=1S/C11H14OSi/c1-6-5-8-9(12-6)11-7(2)10(8)13(11,3)4/h5,11H,1-4H3. The summed E-state index contributed by atoms with van der Waals surface area (Å²) in [7, 11) is -1.10. The van der Waals surface area contributed by atoms with Gasteiger partial charge in [0.25, 0.3) is 0 Å². The maximum Gasteiger partial charge on any atom is 0.116 e. The van der Waals surface area contributed by atoms with Crippen LogP contribution in [0.25, 0.3) is 5.20 Å². The lowest BCUT2D eigenvalue weighted by atomic mass is 10.2. The second-order valence-electron chi connectivity index (χ2n) is 4.85. The molecule has 13 heavy (non-hydrogen) atoms. The molecule has 68 valence electrons. The second-order valence-corrected chi connectivity index (χ2v) is 9.37. The summed E-state index contributed by atoms with van der Waals surface area (Å²) in [5, 5.41) is 1.67. The number of hydrogen-bond donors (Lipinski definition) is 0. The van der Waals surface area contributed by atoms with E-state index in [1.165, 1.54) is 11.3 Å². The van der Waals surface area contributed by atoms with Gasteiger partial charge in [-0.15, -0.1) is 0 Å². The van der Waals surface area contributed by atoms with Crippen molar-refractivity contribution < 1.29 is 4.42 Å². The van der Waals surface area contributed by atoms with Gasteiger partial charge in [0.2, 0.25) is 0 Å². The summed E-state index contributed by atoms with van der Waals surface area (Å²) >= 11 is 0. The molecule has 1 aliphatic carbocycles. The number of hydrogen-bond acceptors (Lipinski definition) is 1. The first-order chi connectivity index (χ1) is 6.03. The van der Waals surface area contributed by atoms with E-state index in [0.717, 1.165) is 5.76 Å². The number of aryl methyl sites for hydroxylation is 1. The first kappa shape index (κ1) is 7.62. The molecule has 0 fully saturated rings. The lowest BCUT2D eigenvalue weighted by Gasteiger charge is -2.38. The quantitative estimate of drug-likeness (QED) is 0.572. The summed E-state index contributed by atoms with van der Waals surface area (Å²) < 4.78 is 5.78. The van der Waals surface area contributed by atoms with Crippen LogP contribution in [0.5, 0.6) is 0 Å². The molecule has 1 nitrogen and oxygen atoms in total. The smallest absolute Gasteiger partial charge is 0.116 e. The molecule has 2 bridgehead atoms. The molecule has 1 unspecified atom stereocenters. The molecule has 0 aromatic carbocycles. The van der Waals surface area contributed by atoms with Gasteiger partial charge in [-0.2, -0.15) is 0 Å². The summed E-state index contributed by atoms with van der Waals surface area (Å²) in [5.41, 5.74) is 3.73. The van der Waals surface area contributed by atoms with Crippen molar-refractivity contribution in [3.8, 4) is 0 Å². The van der Waals surface area contributed by atoms with Gasteiger partial charge in [-0.3, -0.25) is 0 Å². The van der Waals surface area contributed by atoms with E-state index in [9.17, 15) is 0 Å². The van der Waals surface area contributed by atoms with Gasteiger partial charge < -0.3 is 4.42 Å². The average Bonchev–Trinajstić information content (AvgIpc) is 2.46. The van der Waals surface area contributed by atoms with Gasteiger partial charge in [-0.1, -0.05) is 18.7 Å². The Kier molecular flexibility index (Phi) is 1.08. The van der Waals surface area contributed by atoms with E-state index in [4.69, 9.17) is 4.42 Å². The van der Waals surface area contributed by atoms with E-state index >= 15 is 0 Å². The Morgan fingerprint density at radius 1 is 1.31 bits per heavy atom. The number of rotatable bonds is 0. The highest BCUT2D eigenvalue weighted by Gasteiger charge is 2.57. The summed E-state index contributed by atoms with van der Waals surface area (Å²) in [6, 6.07) is 2.22. The Bertz CT molecular complexity index is 437. The van der Waals surface area contributed by atoms with E-state index in [0.29, 0.717) is 5.54 Å². The van der Waals surface area contributed by atoms with Crippen molar-refractivity contribution in [3.63, 3.8) is 0 Å². The average molecular weight is 190 g/mol. The minimum absolute atomic E-state index is 0.700. The maximum atomic E-state index is 5.78. The van der Waals surface area contributed by atoms with E-state index in [1.807, 2.05) is 6.92 Å². The summed E-state index contributed by atoms with van der Waals surface area (Å²) in [5.74, 6) is 2.35. The third-order valence-corrected chi connectivity index (χ3v) is 7.70. The first-order valence-electron chi connectivity index (χ1n) is 4.85. The maximum absolute atomic E-state index is 5.78. The van der Waals surface area contributed by atoms with Crippen LogP contribution in [-0.2, 0) is 0 Å². The SMILES string of the molecule is CC1=C2c3cc(C)oc3C1[Si]2(C)C. The Morgan fingerprint density at radius 3 is 2.54 bits per heavy atom. The Balaban J connectivity index is 2.27. The molecule has 0 amide bonds. The van der Waals surface area contributed by atoms with Crippen LogP contribution in [-0.4, -0.2) is 8.07 Å². The highest BCUT2D eigenvalue weighted by molar-refractivity contribution is 7.01. The van der Waals surface area contributed by atoms with Gasteiger partial charge in [-0.05, 0) is 25.1 Å². The van der Waals surface area contributed by atoms with E-state index in [1.54, 1.807) is 10.8 Å². The van der Waals surface area contributed by atoms with Gasteiger partial charge >= 0.3 is 0 Å². The Labute approximate surface area is 79.5 Å². The van der Waals surface area contributed by atoms with Gasteiger partial charge in [0, 0.05) is 11.1 Å². The monoisotopic (exact) mass is 190 g/mol. The molecule has 1 aromatic heterocycles. The van der Waals surface area contributed by atoms with Gasteiger partial charge in [0.15, 0.2) is 0 Å². The molecular weight excluding hydrogens is 176 g/mol. The fourth-order valence-corrected chi connectivity index (χ4v) is 7.49. The first-order valence-corrected chi connectivity index (χ1v) is 7.93. The van der Waals surface area contributed by atoms with Crippen LogP contribution < -0.4 is 0 Å². The molecule has 0 saturated carbocycles. The summed E-state index contributed by atoms with van der Waals surface area (Å²) in [6.07, 6.45) is 0. The minimum atomic E-state index is -1.10. The molecule has 1 aromatic rings. The van der Waals surface area contributed by atoms with Crippen molar-refractivity contribution in [1.29, 1.82) is 0 Å². The van der Waals surface area contributed by atoms with Crippen molar-refractivity contribution in [2.24, 2.45) is 0 Å². The highest BCUT2D eigenvalue weighted by atomic mass is 28.3. The number of furan rings is 1. The molecule has 0 spiro atoms. The zero-order chi connectivity index (χ0) is 9.38. The van der Waals surface area contributed by atoms with Crippen molar-refractivity contribution >= 4 is 13.3 Å². The number of allylic oxidation sites excluding steroid dienone is 1. The van der Waals surface area contributed by atoms with Crippen molar-refractivity contribution in [1.82, 2.24) is 0 Å². The predicted molar refractivity (Wildman–Crippen MR) is 56.3 cm³/mol.